The molecule has 0 fully saturated rings. The second-order valence-electron chi connectivity index (χ2n) is 5.21. The molecule has 21 heavy (non-hydrogen) atoms. The van der Waals surface area contributed by atoms with Crippen LogP contribution >= 0.6 is 11.8 Å². The van der Waals surface area contributed by atoms with E-state index in [9.17, 15) is 0 Å². The third-order valence-electron chi connectivity index (χ3n) is 3.13. The molecule has 0 radical (unpaired) electrons. The molecule has 2 aromatic heterocycles. The number of nitrogens with one attached hydrogen (secondary N) is 1. The molecule has 0 amide bonds. The number of thioether (sulfide) groups is 1. The highest BCUT2D eigenvalue weighted by Gasteiger charge is 2.13. The quantitative estimate of drug-likeness (QED) is 0.757. The normalized spacial score (nSPS) is 12.5. The van der Waals surface area contributed by atoms with Gasteiger partial charge in [-0.3, -0.25) is 9.97 Å². The van der Waals surface area contributed by atoms with Crippen LogP contribution in [0.2, 0.25) is 0 Å². The second-order valence-corrected chi connectivity index (χ2v) is 6.89. The topological polar surface area (TPSA) is 37.8 Å². The highest BCUT2D eigenvalue weighted by atomic mass is 32.2. The van der Waals surface area contributed by atoms with Crippen molar-refractivity contribution in [2.45, 2.75) is 31.6 Å². The minimum Gasteiger partial charge on any atom is -0.307 e. The molecule has 0 aliphatic rings. The van der Waals surface area contributed by atoms with Crippen molar-refractivity contribution >= 4 is 11.8 Å². The predicted octanol–water partition coefficient (Wildman–Crippen LogP) is 3.49. The van der Waals surface area contributed by atoms with Gasteiger partial charge in [-0.15, -0.1) is 0 Å². The molecule has 2 rings (SSSR count). The summed E-state index contributed by atoms with van der Waals surface area (Å²) in [5, 5.41) is 4.29. The Morgan fingerprint density at radius 3 is 2.43 bits per heavy atom. The predicted molar refractivity (Wildman–Crippen MR) is 90.5 cm³/mol. The molecule has 112 valence electrons. The molecule has 2 aromatic rings. The number of rotatable bonds is 8. The van der Waals surface area contributed by atoms with Crippen molar-refractivity contribution in [1.82, 2.24) is 15.3 Å². The lowest BCUT2D eigenvalue weighted by molar-refractivity contribution is 0.533. The fourth-order valence-corrected chi connectivity index (χ4v) is 2.83. The van der Waals surface area contributed by atoms with E-state index in [1.165, 1.54) is 0 Å². The van der Waals surface area contributed by atoms with E-state index in [2.05, 4.69) is 41.3 Å². The van der Waals surface area contributed by atoms with Crippen molar-refractivity contribution in [3.8, 4) is 0 Å². The SMILES string of the molecule is CC(C)SCCNC(Cc1ccccn1)c1ccccn1. The first kappa shape index (κ1) is 16.0. The highest BCUT2D eigenvalue weighted by molar-refractivity contribution is 7.99. The maximum Gasteiger partial charge on any atom is 0.0577 e. The van der Waals surface area contributed by atoms with Gasteiger partial charge in [0.05, 0.1) is 11.7 Å². The van der Waals surface area contributed by atoms with Gasteiger partial charge in [0.25, 0.3) is 0 Å². The Balaban J connectivity index is 1.97. The molecule has 2 heterocycles. The van der Waals surface area contributed by atoms with Crippen molar-refractivity contribution < 1.29 is 0 Å². The van der Waals surface area contributed by atoms with E-state index in [1.54, 1.807) is 0 Å². The van der Waals surface area contributed by atoms with Gasteiger partial charge in [-0.25, -0.2) is 0 Å². The average molecular weight is 301 g/mol. The Labute approximate surface area is 131 Å². The zero-order valence-electron chi connectivity index (χ0n) is 12.7. The Hall–Kier alpha value is -1.39. The number of hydrogen-bond acceptors (Lipinski definition) is 4. The summed E-state index contributed by atoms with van der Waals surface area (Å²) in [6.07, 6.45) is 4.56. The van der Waals surface area contributed by atoms with Crippen LogP contribution in [0.1, 0.15) is 31.3 Å². The summed E-state index contributed by atoms with van der Waals surface area (Å²) in [6.45, 7) is 5.44. The fraction of sp³-hybridized carbons (Fsp3) is 0.412. The van der Waals surface area contributed by atoms with Gasteiger partial charge in [0.2, 0.25) is 0 Å². The third kappa shape index (κ3) is 5.86. The summed E-state index contributed by atoms with van der Waals surface area (Å²) in [5.74, 6) is 1.11. The van der Waals surface area contributed by atoms with Crippen molar-refractivity contribution in [2.75, 3.05) is 12.3 Å². The Morgan fingerprint density at radius 1 is 1.05 bits per heavy atom. The second kappa shape index (κ2) is 8.80. The van der Waals surface area contributed by atoms with Gasteiger partial charge in [0, 0.05) is 36.8 Å². The van der Waals surface area contributed by atoms with Crippen LogP contribution in [0.4, 0.5) is 0 Å². The fourth-order valence-electron chi connectivity index (χ4n) is 2.12. The number of pyridine rings is 2. The van der Waals surface area contributed by atoms with E-state index >= 15 is 0 Å². The van der Waals surface area contributed by atoms with Gasteiger partial charge >= 0.3 is 0 Å². The van der Waals surface area contributed by atoms with E-state index in [-0.39, 0.29) is 6.04 Å². The summed E-state index contributed by atoms with van der Waals surface area (Å²) < 4.78 is 0. The van der Waals surface area contributed by atoms with Crippen molar-refractivity contribution in [3.63, 3.8) is 0 Å². The van der Waals surface area contributed by atoms with E-state index in [1.807, 2.05) is 48.4 Å². The summed E-state index contributed by atoms with van der Waals surface area (Å²) >= 11 is 1.98. The standard InChI is InChI=1S/C17H23N3S/c1-14(2)21-12-11-20-17(16-8-4-6-10-19-16)13-15-7-3-5-9-18-15/h3-10,14,17,20H,11-13H2,1-2H3. The molecule has 0 bridgehead atoms. The molecule has 0 aromatic carbocycles. The van der Waals surface area contributed by atoms with Crippen molar-refractivity contribution in [3.05, 3.63) is 60.2 Å². The summed E-state index contributed by atoms with van der Waals surface area (Å²) in [6, 6.07) is 12.3. The Bertz CT molecular complexity index is 502. The molecule has 4 heteroatoms. The summed E-state index contributed by atoms with van der Waals surface area (Å²) in [7, 11) is 0. The first-order chi connectivity index (χ1) is 10.3. The van der Waals surface area contributed by atoms with Gasteiger partial charge in [0.15, 0.2) is 0 Å². The van der Waals surface area contributed by atoms with E-state index in [0.717, 1.165) is 30.1 Å². The smallest absolute Gasteiger partial charge is 0.0577 e. The van der Waals surface area contributed by atoms with Gasteiger partial charge in [-0.05, 0) is 29.5 Å². The molecule has 1 unspecified atom stereocenters. The third-order valence-corrected chi connectivity index (χ3v) is 4.23. The zero-order chi connectivity index (χ0) is 14.9. The summed E-state index contributed by atoms with van der Waals surface area (Å²) in [4.78, 5) is 8.92. The van der Waals surface area contributed by atoms with Gasteiger partial charge in [-0.1, -0.05) is 26.0 Å². The molecule has 0 saturated heterocycles. The van der Waals surface area contributed by atoms with E-state index in [0.29, 0.717) is 5.25 Å². The first-order valence-corrected chi connectivity index (χ1v) is 8.46. The van der Waals surface area contributed by atoms with Crippen LogP contribution in [0.15, 0.2) is 48.8 Å². The summed E-state index contributed by atoms with van der Waals surface area (Å²) in [5.41, 5.74) is 2.18. The van der Waals surface area contributed by atoms with Crippen LogP contribution < -0.4 is 5.32 Å². The maximum absolute atomic E-state index is 4.49. The van der Waals surface area contributed by atoms with Crippen LogP contribution in [-0.2, 0) is 6.42 Å². The Kier molecular flexibility index (Phi) is 6.70. The van der Waals surface area contributed by atoms with Crippen LogP contribution in [0.25, 0.3) is 0 Å². The molecule has 3 nitrogen and oxygen atoms in total. The molecule has 0 saturated carbocycles. The van der Waals surface area contributed by atoms with Crippen LogP contribution in [-0.4, -0.2) is 27.5 Å². The van der Waals surface area contributed by atoms with Crippen LogP contribution in [0, 0.1) is 0 Å². The maximum atomic E-state index is 4.49. The monoisotopic (exact) mass is 301 g/mol. The molecule has 1 atom stereocenters. The van der Waals surface area contributed by atoms with Gasteiger partial charge in [-0.2, -0.15) is 11.8 Å². The van der Waals surface area contributed by atoms with E-state index in [4.69, 9.17) is 0 Å². The first-order valence-electron chi connectivity index (χ1n) is 7.41. The van der Waals surface area contributed by atoms with Crippen molar-refractivity contribution in [2.24, 2.45) is 0 Å². The number of nitrogens with zero attached hydrogens (tertiary/aromatic N) is 2. The van der Waals surface area contributed by atoms with Crippen LogP contribution in [0.3, 0.4) is 0 Å². The van der Waals surface area contributed by atoms with Gasteiger partial charge < -0.3 is 5.32 Å². The molecular formula is C17H23N3S. The minimum absolute atomic E-state index is 0.217. The van der Waals surface area contributed by atoms with Gasteiger partial charge in [0.1, 0.15) is 0 Å². The lowest BCUT2D eigenvalue weighted by Gasteiger charge is -2.18. The molecule has 0 aliphatic carbocycles. The lowest BCUT2D eigenvalue weighted by Crippen LogP contribution is -2.27. The molecule has 1 N–H and O–H groups in total. The zero-order valence-corrected chi connectivity index (χ0v) is 13.5. The molecular weight excluding hydrogens is 278 g/mol. The van der Waals surface area contributed by atoms with E-state index < -0.39 is 0 Å². The van der Waals surface area contributed by atoms with Crippen molar-refractivity contribution in [1.29, 1.82) is 0 Å². The largest absolute Gasteiger partial charge is 0.307 e. The Morgan fingerprint density at radius 2 is 1.81 bits per heavy atom. The average Bonchev–Trinajstić information content (AvgIpc) is 2.52. The van der Waals surface area contributed by atoms with Crippen LogP contribution in [0.5, 0.6) is 0 Å². The molecule has 0 aliphatic heterocycles. The number of hydrogen-bond donors (Lipinski definition) is 1. The number of aromatic nitrogens is 2. The highest BCUT2D eigenvalue weighted by Crippen LogP contribution is 2.16. The minimum atomic E-state index is 0.217. The molecule has 0 spiro atoms. The lowest BCUT2D eigenvalue weighted by atomic mass is 10.1.